The van der Waals surface area contributed by atoms with Crippen LogP contribution < -0.4 is 10.6 Å². The van der Waals surface area contributed by atoms with Gasteiger partial charge in [-0.3, -0.25) is 0 Å². The molecule has 2 N–H and O–H groups in total. The van der Waals surface area contributed by atoms with E-state index < -0.39 is 0 Å². The number of hydrogen-bond acceptors (Lipinski definition) is 4. The number of guanidine groups is 1. The van der Waals surface area contributed by atoms with Gasteiger partial charge in [-0.1, -0.05) is 51.1 Å². The number of nitrogens with zero attached hydrogens (tertiary/aromatic N) is 4. The molecule has 1 unspecified atom stereocenters. The number of benzene rings is 1. The van der Waals surface area contributed by atoms with Crippen LogP contribution in [0.4, 0.5) is 0 Å². The van der Waals surface area contributed by atoms with E-state index in [1.807, 2.05) is 36.4 Å². The molecule has 0 fully saturated rings. The second-order valence-corrected chi connectivity index (χ2v) is 9.47. The summed E-state index contributed by atoms with van der Waals surface area (Å²) in [7, 11) is 1.97. The van der Waals surface area contributed by atoms with Crippen LogP contribution in [0, 0.1) is 6.92 Å². The third kappa shape index (κ3) is 8.38. The molecule has 0 saturated carbocycles. The van der Waals surface area contributed by atoms with Crippen molar-refractivity contribution in [2.24, 2.45) is 12.0 Å². The van der Waals surface area contributed by atoms with Gasteiger partial charge < -0.3 is 15.2 Å². The number of hydrogen-bond donors (Lipinski definition) is 2. The van der Waals surface area contributed by atoms with Gasteiger partial charge in [-0.05, 0) is 19.4 Å². The van der Waals surface area contributed by atoms with Crippen LogP contribution in [-0.4, -0.2) is 37.8 Å². The minimum absolute atomic E-state index is 0. The average Bonchev–Trinajstić information content (AvgIpc) is 2.94. The Morgan fingerprint density at radius 3 is 2.46 bits per heavy atom. The van der Waals surface area contributed by atoms with Crippen molar-refractivity contribution >= 4 is 41.7 Å². The molecule has 156 valence electrons. The number of aliphatic imine (C=N–C) groups is 1. The first kappa shape index (κ1) is 24.7. The zero-order chi connectivity index (χ0) is 19.9. The SMILES string of the molecule is Cc1nnc(CN=C(NCCSC(C)(C)C)NC(C)c2ccccc2)n1C.I. The van der Waals surface area contributed by atoms with Crippen molar-refractivity contribution in [3.8, 4) is 0 Å². The number of rotatable bonds is 7. The fraction of sp³-hybridized carbons (Fsp3) is 0.550. The first-order chi connectivity index (χ1) is 12.8. The van der Waals surface area contributed by atoms with Crippen molar-refractivity contribution in [2.75, 3.05) is 12.3 Å². The van der Waals surface area contributed by atoms with Crippen LogP contribution in [0.3, 0.4) is 0 Å². The molecule has 0 amide bonds. The first-order valence-electron chi connectivity index (χ1n) is 9.35. The van der Waals surface area contributed by atoms with Crippen molar-refractivity contribution in [3.05, 3.63) is 47.5 Å². The molecule has 1 heterocycles. The highest BCUT2D eigenvalue weighted by Gasteiger charge is 2.12. The summed E-state index contributed by atoms with van der Waals surface area (Å²) in [5.74, 6) is 3.56. The van der Waals surface area contributed by atoms with Crippen molar-refractivity contribution in [1.82, 2.24) is 25.4 Å². The molecule has 1 aromatic carbocycles. The summed E-state index contributed by atoms with van der Waals surface area (Å²) in [6.07, 6.45) is 0. The number of aryl methyl sites for hydroxylation is 1. The predicted molar refractivity (Wildman–Crippen MR) is 131 cm³/mol. The van der Waals surface area contributed by atoms with Crippen molar-refractivity contribution < 1.29 is 0 Å². The Kier molecular flexibility index (Phi) is 10.3. The van der Waals surface area contributed by atoms with Crippen LogP contribution in [0.5, 0.6) is 0 Å². The standard InChI is InChI=1S/C20H32N6S.HI/c1-15(17-10-8-7-9-11-17)23-19(21-12-13-27-20(3,4)5)22-14-18-25-24-16(2)26(18)6;/h7-11,15H,12-14H2,1-6H3,(H2,21,22,23);1H. The molecule has 28 heavy (non-hydrogen) atoms. The number of aromatic nitrogens is 3. The van der Waals surface area contributed by atoms with Gasteiger partial charge in [0, 0.05) is 24.1 Å². The van der Waals surface area contributed by atoms with E-state index in [0.29, 0.717) is 6.54 Å². The molecule has 2 aromatic rings. The second kappa shape index (κ2) is 11.6. The summed E-state index contributed by atoms with van der Waals surface area (Å²) in [5.41, 5.74) is 1.23. The van der Waals surface area contributed by atoms with E-state index in [2.05, 4.69) is 72.8 Å². The molecule has 1 aromatic heterocycles. The topological polar surface area (TPSA) is 67.1 Å². The molecule has 6 nitrogen and oxygen atoms in total. The van der Waals surface area contributed by atoms with Gasteiger partial charge in [-0.15, -0.1) is 34.2 Å². The summed E-state index contributed by atoms with van der Waals surface area (Å²) in [4.78, 5) is 4.73. The average molecular weight is 516 g/mol. The molecule has 0 bridgehead atoms. The lowest BCUT2D eigenvalue weighted by molar-refractivity contribution is 0.681. The van der Waals surface area contributed by atoms with E-state index in [1.165, 1.54) is 5.56 Å². The lowest BCUT2D eigenvalue weighted by Crippen LogP contribution is -2.40. The second-order valence-electron chi connectivity index (χ2n) is 7.55. The van der Waals surface area contributed by atoms with Gasteiger partial charge in [-0.2, -0.15) is 11.8 Å². The van der Waals surface area contributed by atoms with Crippen LogP contribution in [0.15, 0.2) is 35.3 Å². The Morgan fingerprint density at radius 1 is 1.21 bits per heavy atom. The maximum absolute atomic E-state index is 4.73. The summed E-state index contributed by atoms with van der Waals surface area (Å²) in [6.45, 7) is 12.1. The van der Waals surface area contributed by atoms with Gasteiger partial charge in [0.05, 0.1) is 6.04 Å². The van der Waals surface area contributed by atoms with E-state index in [-0.39, 0.29) is 34.8 Å². The molecule has 8 heteroatoms. The van der Waals surface area contributed by atoms with Crippen molar-refractivity contribution in [2.45, 2.75) is 52.0 Å². The van der Waals surface area contributed by atoms with Crippen LogP contribution in [-0.2, 0) is 13.6 Å². The van der Waals surface area contributed by atoms with Gasteiger partial charge in [0.25, 0.3) is 0 Å². The van der Waals surface area contributed by atoms with Gasteiger partial charge in [0.2, 0.25) is 0 Å². The van der Waals surface area contributed by atoms with Gasteiger partial charge in [0.15, 0.2) is 11.8 Å². The van der Waals surface area contributed by atoms with Crippen molar-refractivity contribution in [1.29, 1.82) is 0 Å². The largest absolute Gasteiger partial charge is 0.356 e. The Labute approximate surface area is 190 Å². The molecular weight excluding hydrogens is 483 g/mol. The monoisotopic (exact) mass is 516 g/mol. The normalized spacial score (nSPS) is 13.0. The molecule has 0 spiro atoms. The zero-order valence-corrected chi connectivity index (χ0v) is 20.8. The number of nitrogens with one attached hydrogen (secondary N) is 2. The maximum atomic E-state index is 4.73. The zero-order valence-electron chi connectivity index (χ0n) is 17.7. The Hall–Kier alpha value is -1.29. The van der Waals surface area contributed by atoms with E-state index in [1.54, 1.807) is 0 Å². The van der Waals surface area contributed by atoms with Crippen LogP contribution >= 0.6 is 35.7 Å². The van der Waals surface area contributed by atoms with Crippen LogP contribution in [0.2, 0.25) is 0 Å². The highest BCUT2D eigenvalue weighted by Crippen LogP contribution is 2.22. The number of halogens is 1. The molecule has 0 saturated heterocycles. The number of thioether (sulfide) groups is 1. The minimum Gasteiger partial charge on any atom is -0.356 e. The smallest absolute Gasteiger partial charge is 0.192 e. The molecule has 0 aliphatic heterocycles. The fourth-order valence-electron chi connectivity index (χ4n) is 2.45. The Morgan fingerprint density at radius 2 is 1.89 bits per heavy atom. The summed E-state index contributed by atoms with van der Waals surface area (Å²) in [6, 6.07) is 10.5. The van der Waals surface area contributed by atoms with Crippen LogP contribution in [0.25, 0.3) is 0 Å². The highest BCUT2D eigenvalue weighted by atomic mass is 127. The van der Waals surface area contributed by atoms with E-state index in [4.69, 9.17) is 4.99 Å². The highest BCUT2D eigenvalue weighted by molar-refractivity contribution is 14.0. The fourth-order valence-corrected chi connectivity index (χ4v) is 3.26. The third-order valence-corrected chi connectivity index (χ3v) is 5.42. The lowest BCUT2D eigenvalue weighted by atomic mass is 10.1. The summed E-state index contributed by atoms with van der Waals surface area (Å²) >= 11 is 1.94. The van der Waals surface area contributed by atoms with Gasteiger partial charge >= 0.3 is 0 Å². The third-order valence-electron chi connectivity index (χ3n) is 4.14. The summed E-state index contributed by atoms with van der Waals surface area (Å²) < 4.78 is 2.23. The molecule has 0 radical (unpaired) electrons. The maximum Gasteiger partial charge on any atom is 0.192 e. The molecule has 0 aliphatic carbocycles. The van der Waals surface area contributed by atoms with Gasteiger partial charge in [-0.25, -0.2) is 4.99 Å². The van der Waals surface area contributed by atoms with E-state index in [0.717, 1.165) is 29.9 Å². The minimum atomic E-state index is 0. The summed E-state index contributed by atoms with van der Waals surface area (Å²) in [5, 5.41) is 15.3. The van der Waals surface area contributed by atoms with E-state index in [9.17, 15) is 0 Å². The van der Waals surface area contributed by atoms with Crippen LogP contribution in [0.1, 0.15) is 50.9 Å². The van der Waals surface area contributed by atoms with Crippen molar-refractivity contribution in [3.63, 3.8) is 0 Å². The van der Waals surface area contributed by atoms with E-state index >= 15 is 0 Å². The molecular formula is C20H33IN6S. The molecule has 2 rings (SSSR count). The molecule has 0 aliphatic rings. The Balaban J connectivity index is 0.00000392. The predicted octanol–water partition coefficient (Wildman–Crippen LogP) is 4.07. The van der Waals surface area contributed by atoms with Gasteiger partial charge in [0.1, 0.15) is 12.4 Å². The lowest BCUT2D eigenvalue weighted by Gasteiger charge is -2.20. The Bertz CT molecular complexity index is 739. The molecule has 1 atom stereocenters. The first-order valence-corrected chi connectivity index (χ1v) is 10.3. The quantitative estimate of drug-likeness (QED) is 0.252.